The number of aromatic nitrogens is 3. The summed E-state index contributed by atoms with van der Waals surface area (Å²) in [5, 5.41) is 0. The Balaban J connectivity index is 0.000000180. The standard InChI is InChI=1S/C15H13NO2.2C11H9N.Ir/c1-11(2)15(17)18-13-7-5-6-12(10-13)14-8-3-4-9-16-14;2*1-2-6-10(7-3-1)11-8-4-5-9-12-11;/h3-10H,1H2,2H3;2*1-9H;/q;;;+3. The molecule has 0 aliphatic carbocycles. The average molecular weight is 742 g/mol. The van der Waals surface area contributed by atoms with E-state index in [1.54, 1.807) is 25.3 Å². The fraction of sp³-hybridized carbons (Fsp3) is 0.0270. The molecule has 0 amide bonds. The molecular formula is C37H31IrN3O2+3. The van der Waals surface area contributed by atoms with Crippen molar-refractivity contribution in [1.29, 1.82) is 0 Å². The molecule has 6 rings (SSSR count). The normalized spacial score (nSPS) is 9.51. The van der Waals surface area contributed by atoms with E-state index in [-0.39, 0.29) is 20.1 Å². The second-order valence-electron chi connectivity index (χ2n) is 9.07. The number of benzene rings is 3. The minimum atomic E-state index is -0.423. The van der Waals surface area contributed by atoms with Gasteiger partial charge < -0.3 is 4.74 Å². The summed E-state index contributed by atoms with van der Waals surface area (Å²) in [6.07, 6.45) is 5.34. The molecule has 0 N–H and O–H groups in total. The summed E-state index contributed by atoms with van der Waals surface area (Å²) in [6.45, 7) is 5.16. The Morgan fingerprint density at radius 2 is 0.930 bits per heavy atom. The van der Waals surface area contributed by atoms with Gasteiger partial charge in [0.05, 0.1) is 17.1 Å². The largest absolute Gasteiger partial charge is 3.00 e. The maximum atomic E-state index is 11.4. The van der Waals surface area contributed by atoms with Crippen molar-refractivity contribution in [3.8, 4) is 39.5 Å². The molecule has 0 atom stereocenters. The van der Waals surface area contributed by atoms with Gasteiger partial charge in [-0.25, -0.2) is 4.79 Å². The number of hydrogen-bond donors (Lipinski definition) is 0. The SMILES string of the molecule is C=C(C)C(=O)Oc1cccc(-c2ccccn2)c1.[Ir+3].c1ccc(-c2ccccn2)cc1.c1ccc(-c2ccccn2)cc1. The molecular weight excluding hydrogens is 711 g/mol. The molecule has 0 spiro atoms. The summed E-state index contributed by atoms with van der Waals surface area (Å²) in [7, 11) is 0. The van der Waals surface area contributed by atoms with Crippen LogP contribution in [0.5, 0.6) is 5.75 Å². The number of ether oxygens (including phenoxy) is 1. The molecule has 0 unspecified atom stereocenters. The number of rotatable bonds is 5. The summed E-state index contributed by atoms with van der Waals surface area (Å²) in [5.74, 6) is 0.0688. The number of nitrogens with zero attached hydrogens (tertiary/aromatic N) is 3. The van der Waals surface area contributed by atoms with Crippen molar-refractivity contribution < 1.29 is 29.6 Å². The summed E-state index contributed by atoms with van der Waals surface area (Å²) in [4.78, 5) is 24.2. The summed E-state index contributed by atoms with van der Waals surface area (Å²) >= 11 is 0. The number of pyridine rings is 3. The fourth-order valence-corrected chi connectivity index (χ4v) is 3.73. The van der Waals surface area contributed by atoms with Crippen LogP contribution in [0.3, 0.4) is 0 Å². The van der Waals surface area contributed by atoms with Gasteiger partial charge in [0.25, 0.3) is 0 Å². The summed E-state index contributed by atoms with van der Waals surface area (Å²) in [5.41, 5.74) is 6.50. The zero-order chi connectivity index (χ0) is 29.4. The molecule has 3 heterocycles. The Morgan fingerprint density at radius 3 is 1.33 bits per heavy atom. The van der Waals surface area contributed by atoms with Gasteiger partial charge in [-0.1, -0.05) is 97.6 Å². The molecule has 6 aromatic rings. The molecule has 43 heavy (non-hydrogen) atoms. The monoisotopic (exact) mass is 742 g/mol. The Hall–Kier alpha value is -5.03. The van der Waals surface area contributed by atoms with E-state index in [0.29, 0.717) is 11.3 Å². The van der Waals surface area contributed by atoms with E-state index in [9.17, 15) is 4.79 Å². The van der Waals surface area contributed by atoms with E-state index in [0.717, 1.165) is 33.8 Å². The predicted molar refractivity (Wildman–Crippen MR) is 169 cm³/mol. The zero-order valence-electron chi connectivity index (χ0n) is 23.7. The molecule has 0 saturated carbocycles. The van der Waals surface area contributed by atoms with Crippen LogP contribution < -0.4 is 4.74 Å². The summed E-state index contributed by atoms with van der Waals surface area (Å²) in [6, 6.07) is 45.1. The van der Waals surface area contributed by atoms with Crippen molar-refractivity contribution in [2.75, 3.05) is 0 Å². The fourth-order valence-electron chi connectivity index (χ4n) is 3.73. The van der Waals surface area contributed by atoms with Gasteiger partial charge in [0.2, 0.25) is 0 Å². The van der Waals surface area contributed by atoms with Gasteiger partial charge in [0, 0.05) is 40.9 Å². The minimum Gasteiger partial charge on any atom is -0.423 e. The minimum absolute atomic E-state index is 0. The van der Waals surface area contributed by atoms with E-state index >= 15 is 0 Å². The maximum absolute atomic E-state index is 11.4. The van der Waals surface area contributed by atoms with Crippen LogP contribution in [-0.4, -0.2) is 20.9 Å². The molecule has 6 heteroatoms. The number of esters is 1. The third-order valence-corrected chi connectivity index (χ3v) is 5.82. The van der Waals surface area contributed by atoms with Crippen LogP contribution in [0, 0.1) is 0 Å². The van der Waals surface area contributed by atoms with E-state index in [4.69, 9.17) is 4.74 Å². The molecule has 0 bridgehead atoms. The van der Waals surface area contributed by atoms with E-state index in [2.05, 4.69) is 45.8 Å². The average Bonchev–Trinajstić information content (AvgIpc) is 3.07. The molecule has 0 aliphatic rings. The number of hydrogen-bond acceptors (Lipinski definition) is 5. The second kappa shape index (κ2) is 17.7. The van der Waals surface area contributed by atoms with Gasteiger partial charge in [0.1, 0.15) is 5.75 Å². The van der Waals surface area contributed by atoms with Crippen molar-refractivity contribution in [2.24, 2.45) is 0 Å². The topological polar surface area (TPSA) is 65.0 Å². The van der Waals surface area contributed by atoms with Crippen LogP contribution in [0.15, 0.2) is 170 Å². The van der Waals surface area contributed by atoms with Gasteiger partial charge in [-0.3, -0.25) is 15.0 Å². The first-order valence-electron chi connectivity index (χ1n) is 13.4. The quantitative estimate of drug-likeness (QED) is 0.101. The molecule has 3 aromatic carbocycles. The van der Waals surface area contributed by atoms with Gasteiger partial charge in [-0.05, 0) is 55.5 Å². The first-order chi connectivity index (χ1) is 20.6. The molecule has 0 aliphatic heterocycles. The molecule has 0 radical (unpaired) electrons. The number of carbonyl (C=O) groups excluding carboxylic acids is 1. The third kappa shape index (κ3) is 10.7. The van der Waals surface area contributed by atoms with Gasteiger partial charge in [-0.2, -0.15) is 0 Å². The maximum Gasteiger partial charge on any atom is 3.00 e. The molecule has 3 aromatic heterocycles. The van der Waals surface area contributed by atoms with Crippen LogP contribution >= 0.6 is 0 Å². The van der Waals surface area contributed by atoms with Crippen molar-refractivity contribution in [2.45, 2.75) is 6.92 Å². The van der Waals surface area contributed by atoms with Crippen LogP contribution in [0.2, 0.25) is 0 Å². The third-order valence-electron chi connectivity index (χ3n) is 5.82. The predicted octanol–water partition coefficient (Wildman–Crippen LogP) is 8.72. The molecule has 0 fully saturated rings. The van der Waals surface area contributed by atoms with Crippen molar-refractivity contribution in [1.82, 2.24) is 15.0 Å². The number of carbonyl (C=O) groups is 1. The first-order valence-corrected chi connectivity index (χ1v) is 13.4. The van der Waals surface area contributed by atoms with Gasteiger partial charge >= 0.3 is 26.1 Å². The van der Waals surface area contributed by atoms with Crippen LogP contribution in [-0.2, 0) is 24.9 Å². The van der Waals surface area contributed by atoms with Crippen molar-refractivity contribution in [3.05, 3.63) is 170 Å². The Labute approximate surface area is 266 Å². The van der Waals surface area contributed by atoms with E-state index in [1.807, 2.05) is 116 Å². The van der Waals surface area contributed by atoms with E-state index < -0.39 is 5.97 Å². The molecule has 212 valence electrons. The smallest absolute Gasteiger partial charge is 0.423 e. The Bertz CT molecular complexity index is 1520. The van der Waals surface area contributed by atoms with E-state index in [1.165, 1.54) is 0 Å². The first kappa shape index (κ1) is 32.5. The van der Waals surface area contributed by atoms with Gasteiger partial charge in [0.15, 0.2) is 0 Å². The second-order valence-corrected chi connectivity index (χ2v) is 9.07. The zero-order valence-corrected chi connectivity index (χ0v) is 26.1. The van der Waals surface area contributed by atoms with Crippen LogP contribution in [0.1, 0.15) is 6.92 Å². The molecule has 5 nitrogen and oxygen atoms in total. The Morgan fingerprint density at radius 1 is 0.535 bits per heavy atom. The van der Waals surface area contributed by atoms with Crippen LogP contribution in [0.4, 0.5) is 0 Å². The van der Waals surface area contributed by atoms with Crippen molar-refractivity contribution in [3.63, 3.8) is 0 Å². The molecule has 0 saturated heterocycles. The van der Waals surface area contributed by atoms with Crippen molar-refractivity contribution >= 4 is 5.97 Å². The van der Waals surface area contributed by atoms with Crippen LogP contribution in [0.25, 0.3) is 33.8 Å². The Kier molecular flexibility index (Phi) is 13.4. The van der Waals surface area contributed by atoms with Gasteiger partial charge in [-0.15, -0.1) is 0 Å². The summed E-state index contributed by atoms with van der Waals surface area (Å²) < 4.78 is 5.17.